The van der Waals surface area contributed by atoms with Crippen LogP contribution in [0.2, 0.25) is 10.0 Å². The number of benzene rings is 2. The zero-order valence-electron chi connectivity index (χ0n) is 18.1. The van der Waals surface area contributed by atoms with Crippen molar-refractivity contribution in [2.75, 3.05) is 0 Å². The first-order chi connectivity index (χ1) is 15.1. The molecule has 0 aliphatic rings. The largest absolute Gasteiger partial charge is 0.392 e. The number of hydrogen-bond acceptors (Lipinski definition) is 5. The first-order valence-corrected chi connectivity index (χ1v) is 12.4. The molecule has 1 unspecified atom stereocenters. The summed E-state index contributed by atoms with van der Waals surface area (Å²) < 4.78 is 34.7. The van der Waals surface area contributed by atoms with Crippen molar-refractivity contribution in [3.63, 3.8) is 0 Å². The highest BCUT2D eigenvalue weighted by Gasteiger charge is 2.32. The summed E-state index contributed by atoms with van der Waals surface area (Å²) in [5, 5.41) is 10.6. The van der Waals surface area contributed by atoms with Crippen LogP contribution in [0.25, 0.3) is 0 Å². The lowest BCUT2D eigenvalue weighted by atomic mass is 10.1. The fourth-order valence-electron chi connectivity index (χ4n) is 3.35. The number of aromatic nitrogens is 2. The van der Waals surface area contributed by atoms with Gasteiger partial charge in [0, 0.05) is 10.0 Å². The predicted octanol–water partition coefficient (Wildman–Crippen LogP) is 5.24. The molecule has 0 saturated carbocycles. The second kappa shape index (κ2) is 10.4. The Kier molecular flexibility index (Phi) is 8.01. The van der Waals surface area contributed by atoms with Crippen molar-refractivity contribution < 1.29 is 18.3 Å². The van der Waals surface area contributed by atoms with E-state index in [0.29, 0.717) is 18.1 Å². The molecule has 1 aromatic heterocycles. The Labute approximate surface area is 198 Å². The van der Waals surface area contributed by atoms with Crippen molar-refractivity contribution in [2.24, 2.45) is 0 Å². The Hall–Kier alpha value is -1.90. The van der Waals surface area contributed by atoms with E-state index in [2.05, 4.69) is 4.98 Å². The molecule has 1 N–H and O–H groups in total. The first kappa shape index (κ1) is 24.7. The van der Waals surface area contributed by atoms with Gasteiger partial charge in [-0.25, -0.2) is 13.4 Å². The molecule has 9 heteroatoms. The molecular weight excluding hydrogens is 471 g/mol. The van der Waals surface area contributed by atoms with Gasteiger partial charge >= 0.3 is 0 Å². The maximum Gasteiger partial charge on any atom is 0.224 e. The third kappa shape index (κ3) is 5.71. The van der Waals surface area contributed by atoms with Crippen LogP contribution >= 0.6 is 23.2 Å². The van der Waals surface area contributed by atoms with E-state index in [0.717, 1.165) is 5.56 Å². The van der Waals surface area contributed by atoms with Gasteiger partial charge in [0.25, 0.3) is 0 Å². The average Bonchev–Trinajstić information content (AvgIpc) is 3.07. The van der Waals surface area contributed by atoms with Gasteiger partial charge in [-0.05, 0) is 36.6 Å². The van der Waals surface area contributed by atoms with Crippen LogP contribution in [0.15, 0.2) is 58.5 Å². The molecule has 32 heavy (non-hydrogen) atoms. The zero-order valence-corrected chi connectivity index (χ0v) is 20.5. The molecule has 3 rings (SSSR count). The molecular formula is C23H26Cl2N2O4S. The maximum atomic E-state index is 13.7. The van der Waals surface area contributed by atoms with Crippen LogP contribution in [0.5, 0.6) is 0 Å². The Bertz CT molecular complexity index is 1160. The molecule has 0 radical (unpaired) electrons. The Balaban J connectivity index is 2.07. The number of sulfone groups is 1. The number of halogens is 2. The van der Waals surface area contributed by atoms with Crippen molar-refractivity contribution >= 4 is 33.0 Å². The van der Waals surface area contributed by atoms with Gasteiger partial charge < -0.3 is 14.4 Å². The van der Waals surface area contributed by atoms with Gasteiger partial charge in [0.15, 0.2) is 5.03 Å². The zero-order chi connectivity index (χ0) is 23.5. The van der Waals surface area contributed by atoms with Gasteiger partial charge in [0.2, 0.25) is 9.84 Å². The summed E-state index contributed by atoms with van der Waals surface area (Å²) in [6.45, 7) is 5.82. The van der Waals surface area contributed by atoms with Gasteiger partial charge in [0.1, 0.15) is 12.4 Å². The second-order valence-corrected chi connectivity index (χ2v) is 10.7. The van der Waals surface area contributed by atoms with Crippen molar-refractivity contribution in [1.82, 2.24) is 9.55 Å². The van der Waals surface area contributed by atoms with E-state index < -0.39 is 15.9 Å². The number of hydrogen-bond donors (Lipinski definition) is 1. The summed E-state index contributed by atoms with van der Waals surface area (Å²) in [4.78, 5) is 4.58. The Morgan fingerprint density at radius 3 is 2.22 bits per heavy atom. The molecule has 0 saturated heterocycles. The number of aliphatic hydroxyl groups is 1. The summed E-state index contributed by atoms with van der Waals surface area (Å²) in [5.41, 5.74) is 1.40. The first-order valence-electron chi connectivity index (χ1n) is 10.2. The second-order valence-electron chi connectivity index (χ2n) is 7.92. The van der Waals surface area contributed by atoms with E-state index in [1.807, 2.05) is 44.2 Å². The van der Waals surface area contributed by atoms with Gasteiger partial charge in [-0.1, -0.05) is 67.4 Å². The maximum absolute atomic E-state index is 13.7. The summed E-state index contributed by atoms with van der Waals surface area (Å²) in [7, 11) is -4.03. The summed E-state index contributed by atoms with van der Waals surface area (Å²) in [6.07, 6.45) is -0.797. The number of imidazole rings is 1. The molecule has 172 valence electrons. The summed E-state index contributed by atoms with van der Waals surface area (Å²) in [6, 6.07) is 13.8. The number of ether oxygens (including phenoxy) is 1. The lowest BCUT2D eigenvalue weighted by molar-refractivity contribution is 0.0951. The molecule has 0 amide bonds. The topological polar surface area (TPSA) is 81.4 Å². The highest BCUT2D eigenvalue weighted by molar-refractivity contribution is 7.91. The monoisotopic (exact) mass is 496 g/mol. The molecule has 0 spiro atoms. The quantitative estimate of drug-likeness (QED) is 0.437. The average molecular weight is 497 g/mol. The minimum absolute atomic E-state index is 0.0186. The predicted molar refractivity (Wildman–Crippen MR) is 125 cm³/mol. The van der Waals surface area contributed by atoms with E-state index in [1.54, 1.807) is 6.92 Å². The molecule has 0 bridgehead atoms. The van der Waals surface area contributed by atoms with Crippen LogP contribution in [0.3, 0.4) is 0 Å². The lowest BCUT2D eigenvalue weighted by Gasteiger charge is -2.16. The van der Waals surface area contributed by atoms with Crippen LogP contribution in [0.1, 0.15) is 43.8 Å². The van der Waals surface area contributed by atoms with Crippen LogP contribution in [0.4, 0.5) is 0 Å². The van der Waals surface area contributed by atoms with Crippen molar-refractivity contribution in [3.05, 3.63) is 75.7 Å². The molecule has 0 aliphatic carbocycles. The lowest BCUT2D eigenvalue weighted by Crippen LogP contribution is -2.20. The Morgan fingerprint density at radius 1 is 1.03 bits per heavy atom. The number of nitrogens with zero attached hydrogens (tertiary/aromatic N) is 2. The summed E-state index contributed by atoms with van der Waals surface area (Å²) in [5.74, 6) is 0.245. The van der Waals surface area contributed by atoms with E-state index in [4.69, 9.17) is 27.9 Å². The van der Waals surface area contributed by atoms with E-state index in [1.165, 1.54) is 22.8 Å². The molecule has 6 nitrogen and oxygen atoms in total. The van der Waals surface area contributed by atoms with E-state index >= 15 is 0 Å². The van der Waals surface area contributed by atoms with Gasteiger partial charge in [-0.15, -0.1) is 0 Å². The van der Waals surface area contributed by atoms with Crippen molar-refractivity contribution in [2.45, 2.75) is 62.5 Å². The Morgan fingerprint density at radius 2 is 1.66 bits per heavy atom. The minimum Gasteiger partial charge on any atom is -0.392 e. The number of aliphatic hydroxyl groups excluding tert-OH is 1. The van der Waals surface area contributed by atoms with E-state index in [9.17, 15) is 13.5 Å². The molecule has 0 fully saturated rings. The normalized spacial score (nSPS) is 13.0. The number of rotatable bonds is 9. The highest BCUT2D eigenvalue weighted by atomic mass is 35.5. The van der Waals surface area contributed by atoms with Crippen LogP contribution in [0, 0.1) is 0 Å². The SMILES string of the molecule is CC(O)Cn1c(COCc2ccccc2)nc(C(C)C)c1S(=O)(=O)c1cc(Cl)cc(Cl)c1. The summed E-state index contributed by atoms with van der Waals surface area (Å²) >= 11 is 12.1. The molecule has 1 atom stereocenters. The third-order valence-corrected chi connectivity index (χ3v) is 6.99. The van der Waals surface area contributed by atoms with E-state index in [-0.39, 0.29) is 39.0 Å². The molecule has 2 aromatic carbocycles. The van der Waals surface area contributed by atoms with Gasteiger partial charge in [-0.2, -0.15) is 0 Å². The smallest absolute Gasteiger partial charge is 0.224 e. The fraction of sp³-hybridized carbons (Fsp3) is 0.348. The van der Waals surface area contributed by atoms with Crippen molar-refractivity contribution in [3.8, 4) is 0 Å². The molecule has 1 heterocycles. The van der Waals surface area contributed by atoms with Gasteiger partial charge in [0.05, 0.1) is 29.8 Å². The third-order valence-electron chi connectivity index (χ3n) is 4.76. The van der Waals surface area contributed by atoms with Crippen LogP contribution < -0.4 is 0 Å². The fourth-order valence-corrected chi connectivity index (χ4v) is 5.82. The molecule has 0 aliphatic heterocycles. The molecule has 3 aromatic rings. The van der Waals surface area contributed by atoms with Crippen LogP contribution in [-0.2, 0) is 34.3 Å². The van der Waals surface area contributed by atoms with Crippen molar-refractivity contribution in [1.29, 1.82) is 0 Å². The highest BCUT2D eigenvalue weighted by Crippen LogP contribution is 2.33. The van der Waals surface area contributed by atoms with Gasteiger partial charge in [-0.3, -0.25) is 0 Å². The standard InChI is InChI=1S/C23H26Cl2N2O4S/c1-15(2)22-23(32(29,30)20-10-18(24)9-19(25)11-20)27(12-16(3)28)21(26-22)14-31-13-17-7-5-4-6-8-17/h4-11,15-16,28H,12-14H2,1-3H3. The van der Waals surface area contributed by atoms with Crippen LogP contribution in [-0.4, -0.2) is 29.2 Å². The minimum atomic E-state index is -4.03.